The van der Waals surface area contributed by atoms with Crippen LogP contribution in [0.3, 0.4) is 0 Å². The zero-order valence-electron chi connectivity index (χ0n) is 16.8. The molecule has 4 atom stereocenters. The average molecular weight is 381 g/mol. The molecule has 2 N–H and O–H groups in total. The van der Waals surface area contributed by atoms with Crippen molar-refractivity contribution in [1.29, 1.82) is 0 Å². The fourth-order valence-electron chi connectivity index (χ4n) is 4.11. The average Bonchev–Trinajstić information content (AvgIpc) is 2.86. The molecule has 7 heteroatoms. The number of nitrogens with one attached hydrogen (secondary N) is 1. The number of amides is 1. The lowest BCUT2D eigenvalue weighted by atomic mass is 9.53. The lowest BCUT2D eigenvalue weighted by Crippen LogP contribution is -2.53. The molecule has 2 rings (SSSR count). The molecule has 2 aliphatic carbocycles. The number of carbonyl (C=O) groups excluding carboxylic acids is 2. The van der Waals surface area contributed by atoms with Gasteiger partial charge in [0.1, 0.15) is 0 Å². The van der Waals surface area contributed by atoms with E-state index in [0.717, 1.165) is 12.8 Å². The molecule has 1 fully saturated rings. The number of alkyl carbamates (subject to hydrolysis) is 1. The highest BCUT2D eigenvalue weighted by atomic mass is 16.7. The second kappa shape index (κ2) is 8.31. The first-order chi connectivity index (χ1) is 12.5. The molecule has 7 nitrogen and oxygen atoms in total. The van der Waals surface area contributed by atoms with Crippen LogP contribution in [0.25, 0.3) is 0 Å². The molecule has 0 aromatic carbocycles. The van der Waals surface area contributed by atoms with Crippen LogP contribution in [0.2, 0.25) is 0 Å². The minimum Gasteiger partial charge on any atom is -0.481 e. The molecule has 0 aliphatic heterocycles. The molecule has 0 radical (unpaired) electrons. The van der Waals surface area contributed by atoms with Crippen molar-refractivity contribution in [2.24, 2.45) is 29.1 Å². The maximum atomic E-state index is 12.3. The summed E-state index contributed by atoms with van der Waals surface area (Å²) >= 11 is 0. The maximum absolute atomic E-state index is 12.3. The molecule has 0 aromatic rings. The molecular weight excluding hydrogens is 350 g/mol. The number of ether oxygens (including phenoxy) is 2. The Morgan fingerprint density at radius 3 is 2.44 bits per heavy atom. The van der Waals surface area contributed by atoms with Gasteiger partial charge in [-0.05, 0) is 31.6 Å². The van der Waals surface area contributed by atoms with Gasteiger partial charge in [0.25, 0.3) is 6.29 Å². The van der Waals surface area contributed by atoms with E-state index in [4.69, 9.17) is 9.47 Å². The van der Waals surface area contributed by atoms with Crippen molar-refractivity contribution in [1.82, 2.24) is 5.32 Å². The zero-order chi connectivity index (χ0) is 20.4. The van der Waals surface area contributed by atoms with Crippen molar-refractivity contribution >= 4 is 18.0 Å². The Kier molecular flexibility index (Phi) is 6.54. The molecule has 0 saturated heterocycles. The number of allylic oxidation sites excluding steroid dienone is 2. The minimum atomic E-state index is -0.974. The molecule has 27 heavy (non-hydrogen) atoms. The van der Waals surface area contributed by atoms with E-state index in [0.29, 0.717) is 5.92 Å². The summed E-state index contributed by atoms with van der Waals surface area (Å²) in [6.45, 7) is 9.28. The van der Waals surface area contributed by atoms with Gasteiger partial charge in [-0.1, -0.05) is 39.3 Å². The van der Waals surface area contributed by atoms with Gasteiger partial charge in [0, 0.05) is 17.9 Å². The van der Waals surface area contributed by atoms with Crippen molar-refractivity contribution in [2.75, 3.05) is 6.54 Å². The Balaban J connectivity index is 1.95. The second-order valence-electron chi connectivity index (χ2n) is 8.60. The highest BCUT2D eigenvalue weighted by Crippen LogP contribution is 2.59. The van der Waals surface area contributed by atoms with E-state index in [2.05, 4.69) is 18.3 Å². The Bertz CT molecular complexity index is 626. The molecule has 0 bridgehead atoms. The molecule has 0 aromatic heterocycles. The van der Waals surface area contributed by atoms with Crippen molar-refractivity contribution in [2.45, 2.75) is 60.2 Å². The molecule has 0 unspecified atom stereocenters. The SMILES string of the molecule is CC1=C[C@H]2[C@@H](C1)C[C@@]2(CNC(=O)O[C@@H](OC(=O)C(C)C)C(C)C)CC(=O)O. The van der Waals surface area contributed by atoms with Gasteiger partial charge in [0.15, 0.2) is 0 Å². The Hall–Kier alpha value is -2.05. The van der Waals surface area contributed by atoms with Crippen molar-refractivity contribution in [3.05, 3.63) is 11.6 Å². The van der Waals surface area contributed by atoms with Crippen LogP contribution in [0.15, 0.2) is 11.6 Å². The molecule has 0 spiro atoms. The van der Waals surface area contributed by atoms with Gasteiger partial charge in [-0.15, -0.1) is 0 Å². The third kappa shape index (κ3) is 5.02. The van der Waals surface area contributed by atoms with Gasteiger partial charge in [-0.3, -0.25) is 9.59 Å². The smallest absolute Gasteiger partial charge is 0.410 e. The molecule has 1 saturated carbocycles. The number of carboxylic acid groups (broad SMARTS) is 1. The molecule has 2 aliphatic rings. The molecule has 0 heterocycles. The van der Waals surface area contributed by atoms with Crippen LogP contribution >= 0.6 is 0 Å². The number of esters is 1. The first-order valence-electron chi connectivity index (χ1n) is 9.58. The van der Waals surface area contributed by atoms with E-state index in [1.807, 2.05) is 0 Å². The second-order valence-corrected chi connectivity index (χ2v) is 8.60. The number of hydrogen-bond donors (Lipinski definition) is 2. The minimum absolute atomic E-state index is 0.00811. The summed E-state index contributed by atoms with van der Waals surface area (Å²) in [6, 6.07) is 0. The molecular formula is C20H31NO6. The van der Waals surface area contributed by atoms with Crippen LogP contribution in [-0.4, -0.2) is 36.0 Å². The summed E-state index contributed by atoms with van der Waals surface area (Å²) in [5.74, 6) is -1.17. The fourth-order valence-corrected chi connectivity index (χ4v) is 4.11. The van der Waals surface area contributed by atoms with Crippen LogP contribution < -0.4 is 5.32 Å². The van der Waals surface area contributed by atoms with Crippen molar-refractivity contribution < 1.29 is 29.0 Å². The monoisotopic (exact) mass is 381 g/mol. The van der Waals surface area contributed by atoms with E-state index in [1.165, 1.54) is 5.57 Å². The normalized spacial score (nSPS) is 27.4. The third-order valence-corrected chi connectivity index (χ3v) is 5.49. The van der Waals surface area contributed by atoms with Crippen molar-refractivity contribution in [3.8, 4) is 0 Å². The lowest BCUT2D eigenvalue weighted by Gasteiger charge is -2.51. The Morgan fingerprint density at radius 2 is 1.93 bits per heavy atom. The predicted molar refractivity (Wildman–Crippen MR) is 98.7 cm³/mol. The van der Waals surface area contributed by atoms with Gasteiger partial charge in [-0.25, -0.2) is 4.79 Å². The number of fused-ring (bicyclic) bond motifs is 1. The van der Waals surface area contributed by atoms with E-state index in [1.54, 1.807) is 27.7 Å². The van der Waals surface area contributed by atoms with E-state index in [-0.39, 0.29) is 30.7 Å². The van der Waals surface area contributed by atoms with Crippen LogP contribution in [0.1, 0.15) is 53.9 Å². The number of carbonyl (C=O) groups is 3. The standard InChI is InChI=1S/C20H31NO6/c1-11(2)17(24)26-18(12(3)4)27-19(25)21-10-20(9-16(22)23)8-14-6-13(5)7-15(14)20/h7,11-12,14-15,18H,6,8-10H2,1-5H3,(H,21,25)(H,22,23)/t14-,15-,18+,20-/m0/s1. The topological polar surface area (TPSA) is 102 Å². The molecule has 152 valence electrons. The van der Waals surface area contributed by atoms with Gasteiger partial charge >= 0.3 is 18.0 Å². The molecule has 1 amide bonds. The van der Waals surface area contributed by atoms with Crippen LogP contribution in [0.5, 0.6) is 0 Å². The summed E-state index contributed by atoms with van der Waals surface area (Å²) in [5.41, 5.74) is 0.801. The highest BCUT2D eigenvalue weighted by molar-refractivity contribution is 5.72. The largest absolute Gasteiger partial charge is 0.481 e. The van der Waals surface area contributed by atoms with Crippen LogP contribution in [-0.2, 0) is 19.1 Å². The number of hydrogen-bond acceptors (Lipinski definition) is 5. The number of aliphatic carboxylic acids is 1. The van der Waals surface area contributed by atoms with Crippen LogP contribution in [0.4, 0.5) is 4.79 Å². The highest BCUT2D eigenvalue weighted by Gasteiger charge is 2.55. The van der Waals surface area contributed by atoms with Gasteiger partial charge in [0.05, 0.1) is 12.3 Å². The quantitative estimate of drug-likeness (QED) is 0.380. The fraction of sp³-hybridized carbons (Fsp3) is 0.750. The van der Waals surface area contributed by atoms with Crippen LogP contribution in [0, 0.1) is 29.1 Å². The van der Waals surface area contributed by atoms with E-state index < -0.39 is 29.7 Å². The summed E-state index contributed by atoms with van der Waals surface area (Å²) in [5, 5.41) is 12.0. The summed E-state index contributed by atoms with van der Waals surface area (Å²) in [7, 11) is 0. The first-order valence-corrected chi connectivity index (χ1v) is 9.58. The third-order valence-electron chi connectivity index (χ3n) is 5.49. The van der Waals surface area contributed by atoms with Gasteiger partial charge in [0.2, 0.25) is 0 Å². The Labute approximate surface area is 160 Å². The van der Waals surface area contributed by atoms with E-state index >= 15 is 0 Å². The number of carboxylic acids is 1. The van der Waals surface area contributed by atoms with Gasteiger partial charge in [-0.2, -0.15) is 0 Å². The number of rotatable bonds is 8. The predicted octanol–water partition coefficient (Wildman–Crippen LogP) is 3.34. The van der Waals surface area contributed by atoms with Crippen molar-refractivity contribution in [3.63, 3.8) is 0 Å². The summed E-state index contributed by atoms with van der Waals surface area (Å²) in [4.78, 5) is 35.4. The summed E-state index contributed by atoms with van der Waals surface area (Å²) in [6.07, 6.45) is 2.25. The van der Waals surface area contributed by atoms with Gasteiger partial charge < -0.3 is 19.9 Å². The van der Waals surface area contributed by atoms with E-state index in [9.17, 15) is 19.5 Å². The first kappa shape index (κ1) is 21.3. The maximum Gasteiger partial charge on any atom is 0.410 e. The zero-order valence-corrected chi connectivity index (χ0v) is 16.8. The Morgan fingerprint density at radius 1 is 1.26 bits per heavy atom. The summed E-state index contributed by atoms with van der Waals surface area (Å²) < 4.78 is 10.5. The lowest BCUT2D eigenvalue weighted by molar-refractivity contribution is -0.179.